The lowest BCUT2D eigenvalue weighted by atomic mass is 10.1. The third kappa shape index (κ3) is 4.36. The van der Waals surface area contributed by atoms with Gasteiger partial charge in [-0.1, -0.05) is 28.1 Å². The summed E-state index contributed by atoms with van der Waals surface area (Å²) in [5.74, 6) is -0.540. The molecule has 1 N–H and O–H groups in total. The molecule has 1 aromatic heterocycles. The molecule has 0 saturated heterocycles. The van der Waals surface area contributed by atoms with E-state index in [1.54, 1.807) is 12.1 Å². The van der Waals surface area contributed by atoms with Crippen molar-refractivity contribution in [2.45, 2.75) is 6.61 Å². The largest absolute Gasteiger partial charge is 0.508 e. The third-order valence-electron chi connectivity index (χ3n) is 3.44. The molecule has 0 saturated carbocycles. The van der Waals surface area contributed by atoms with Crippen LogP contribution in [0.1, 0.15) is 11.1 Å². The van der Waals surface area contributed by atoms with Crippen molar-refractivity contribution >= 4 is 38.9 Å². The van der Waals surface area contributed by atoms with E-state index in [9.17, 15) is 14.7 Å². The highest BCUT2D eigenvalue weighted by Crippen LogP contribution is 2.22. The Labute approximate surface area is 151 Å². The van der Waals surface area contributed by atoms with Gasteiger partial charge in [0.2, 0.25) is 0 Å². The van der Waals surface area contributed by atoms with E-state index in [1.165, 1.54) is 24.3 Å². The topological polar surface area (TPSA) is 76.7 Å². The van der Waals surface area contributed by atoms with Crippen LogP contribution in [0.3, 0.4) is 0 Å². The van der Waals surface area contributed by atoms with E-state index in [2.05, 4.69) is 15.9 Å². The van der Waals surface area contributed by atoms with Crippen LogP contribution in [0, 0.1) is 0 Å². The average Bonchev–Trinajstić information content (AvgIpc) is 2.57. The predicted molar refractivity (Wildman–Crippen MR) is 97.1 cm³/mol. The van der Waals surface area contributed by atoms with Crippen LogP contribution in [0.15, 0.2) is 68.3 Å². The van der Waals surface area contributed by atoms with Gasteiger partial charge in [-0.05, 0) is 35.9 Å². The van der Waals surface area contributed by atoms with E-state index in [-0.39, 0.29) is 17.9 Å². The first-order valence-electron chi connectivity index (χ1n) is 7.37. The smallest absolute Gasteiger partial charge is 0.336 e. The van der Waals surface area contributed by atoms with Gasteiger partial charge in [0, 0.05) is 33.6 Å². The minimum absolute atomic E-state index is 0.0123. The number of carbonyl (C=O) groups excluding carboxylic acids is 1. The first-order chi connectivity index (χ1) is 12.0. The van der Waals surface area contributed by atoms with Gasteiger partial charge < -0.3 is 14.3 Å². The van der Waals surface area contributed by atoms with E-state index >= 15 is 0 Å². The Morgan fingerprint density at radius 1 is 1.20 bits per heavy atom. The van der Waals surface area contributed by atoms with Crippen molar-refractivity contribution in [2.24, 2.45) is 0 Å². The lowest BCUT2D eigenvalue weighted by Crippen LogP contribution is -2.05. The molecular formula is C19H13BrO5. The highest BCUT2D eigenvalue weighted by atomic mass is 79.9. The monoisotopic (exact) mass is 400 g/mol. The number of phenolic OH excluding ortho intramolecular Hbond substituents is 1. The van der Waals surface area contributed by atoms with Gasteiger partial charge in [-0.3, -0.25) is 0 Å². The fourth-order valence-electron chi connectivity index (χ4n) is 2.31. The molecule has 0 bridgehead atoms. The molecule has 0 atom stereocenters. The predicted octanol–water partition coefficient (Wildman–Crippen LogP) is 4.02. The van der Waals surface area contributed by atoms with Crippen LogP contribution in [0.4, 0.5) is 0 Å². The molecular weight excluding hydrogens is 388 g/mol. The first kappa shape index (κ1) is 17.0. The van der Waals surface area contributed by atoms with Gasteiger partial charge >= 0.3 is 11.6 Å². The van der Waals surface area contributed by atoms with Gasteiger partial charge in [-0.2, -0.15) is 0 Å². The molecule has 0 unspecified atom stereocenters. The van der Waals surface area contributed by atoms with E-state index in [0.29, 0.717) is 10.9 Å². The summed E-state index contributed by atoms with van der Waals surface area (Å²) in [6.45, 7) is -0.0749. The molecule has 0 amide bonds. The molecule has 6 heteroatoms. The molecule has 126 valence electrons. The SMILES string of the molecule is O=C(/C=C/c1cccc(Br)c1)OCc1cc(=O)oc2cc(O)ccc12. The van der Waals surface area contributed by atoms with Gasteiger partial charge in [0.25, 0.3) is 0 Å². The zero-order valence-corrected chi connectivity index (χ0v) is 14.5. The molecule has 0 spiro atoms. The number of rotatable bonds is 4. The minimum Gasteiger partial charge on any atom is -0.508 e. The number of hydrogen-bond acceptors (Lipinski definition) is 5. The highest BCUT2D eigenvalue weighted by molar-refractivity contribution is 9.10. The molecule has 25 heavy (non-hydrogen) atoms. The molecule has 0 aliphatic carbocycles. The van der Waals surface area contributed by atoms with Crippen LogP contribution in [-0.4, -0.2) is 11.1 Å². The molecule has 5 nitrogen and oxygen atoms in total. The van der Waals surface area contributed by atoms with E-state index in [0.717, 1.165) is 10.0 Å². The molecule has 0 radical (unpaired) electrons. The summed E-state index contributed by atoms with van der Waals surface area (Å²) >= 11 is 3.36. The second kappa shape index (κ2) is 7.36. The van der Waals surface area contributed by atoms with Gasteiger partial charge in [0.15, 0.2) is 0 Å². The van der Waals surface area contributed by atoms with Crippen LogP contribution in [0.25, 0.3) is 17.0 Å². The summed E-state index contributed by atoms with van der Waals surface area (Å²) in [5.41, 5.74) is 1.03. The normalized spacial score (nSPS) is 11.1. The van der Waals surface area contributed by atoms with Gasteiger partial charge in [-0.15, -0.1) is 0 Å². The second-order valence-corrected chi connectivity index (χ2v) is 6.18. The Morgan fingerprint density at radius 3 is 2.84 bits per heavy atom. The van der Waals surface area contributed by atoms with Crippen molar-refractivity contribution in [3.8, 4) is 5.75 Å². The Morgan fingerprint density at radius 2 is 2.04 bits per heavy atom. The maximum absolute atomic E-state index is 11.9. The highest BCUT2D eigenvalue weighted by Gasteiger charge is 2.08. The van der Waals surface area contributed by atoms with Crippen molar-refractivity contribution < 1.29 is 19.1 Å². The van der Waals surface area contributed by atoms with Crippen LogP contribution < -0.4 is 5.63 Å². The Balaban J connectivity index is 1.74. The maximum atomic E-state index is 11.9. The van der Waals surface area contributed by atoms with Crippen molar-refractivity contribution in [1.82, 2.24) is 0 Å². The van der Waals surface area contributed by atoms with Crippen LogP contribution in [-0.2, 0) is 16.1 Å². The summed E-state index contributed by atoms with van der Waals surface area (Å²) in [4.78, 5) is 23.5. The molecule has 1 heterocycles. The number of hydrogen-bond donors (Lipinski definition) is 1. The van der Waals surface area contributed by atoms with Crippen molar-refractivity contribution in [3.63, 3.8) is 0 Å². The van der Waals surface area contributed by atoms with Crippen molar-refractivity contribution in [2.75, 3.05) is 0 Å². The van der Waals surface area contributed by atoms with Crippen molar-refractivity contribution in [3.05, 3.63) is 80.6 Å². The quantitative estimate of drug-likeness (QED) is 0.406. The zero-order valence-electron chi connectivity index (χ0n) is 12.9. The number of benzene rings is 2. The lowest BCUT2D eigenvalue weighted by Gasteiger charge is -2.06. The zero-order chi connectivity index (χ0) is 17.8. The third-order valence-corrected chi connectivity index (χ3v) is 3.94. The number of esters is 1. The van der Waals surface area contributed by atoms with Crippen LogP contribution in [0.2, 0.25) is 0 Å². The van der Waals surface area contributed by atoms with E-state index in [4.69, 9.17) is 9.15 Å². The molecule has 2 aromatic carbocycles. The average molecular weight is 401 g/mol. The number of aromatic hydroxyl groups is 1. The minimum atomic E-state index is -0.575. The van der Waals surface area contributed by atoms with Crippen molar-refractivity contribution in [1.29, 1.82) is 0 Å². The second-order valence-electron chi connectivity index (χ2n) is 5.27. The van der Waals surface area contributed by atoms with Gasteiger partial charge in [0.1, 0.15) is 17.9 Å². The standard InChI is InChI=1S/C19H13BrO5/c20-14-3-1-2-12(8-14)4-7-18(22)24-11-13-9-19(23)25-17-10-15(21)5-6-16(13)17/h1-10,21H,11H2/b7-4+. The molecule has 0 aliphatic heterocycles. The molecule has 0 fully saturated rings. The number of fused-ring (bicyclic) bond motifs is 1. The van der Waals surface area contributed by atoms with E-state index < -0.39 is 11.6 Å². The Kier molecular flexibility index (Phi) is 5.00. The number of halogens is 1. The number of phenols is 1. The summed E-state index contributed by atoms with van der Waals surface area (Å²) in [6, 6.07) is 13.2. The summed E-state index contributed by atoms with van der Waals surface area (Å²) in [7, 11) is 0. The van der Waals surface area contributed by atoms with E-state index in [1.807, 2.05) is 24.3 Å². The summed E-state index contributed by atoms with van der Waals surface area (Å²) in [6.07, 6.45) is 2.96. The lowest BCUT2D eigenvalue weighted by molar-refractivity contribution is -0.138. The van der Waals surface area contributed by atoms with Crippen LogP contribution in [0.5, 0.6) is 5.75 Å². The first-order valence-corrected chi connectivity index (χ1v) is 8.17. The van der Waals surface area contributed by atoms with Gasteiger partial charge in [-0.25, -0.2) is 9.59 Å². The summed E-state index contributed by atoms with van der Waals surface area (Å²) in [5, 5.41) is 10.1. The number of ether oxygens (including phenoxy) is 1. The number of carbonyl (C=O) groups is 1. The summed E-state index contributed by atoms with van der Waals surface area (Å²) < 4.78 is 11.1. The Hall–Kier alpha value is -2.86. The molecule has 0 aliphatic rings. The fourth-order valence-corrected chi connectivity index (χ4v) is 2.73. The van der Waals surface area contributed by atoms with Gasteiger partial charge in [0.05, 0.1) is 0 Å². The Bertz CT molecular complexity index is 1020. The molecule has 3 aromatic rings. The fraction of sp³-hybridized carbons (Fsp3) is 0.0526. The molecule has 3 rings (SSSR count). The van der Waals surface area contributed by atoms with Crippen LogP contribution >= 0.6 is 15.9 Å². The maximum Gasteiger partial charge on any atom is 0.336 e.